The van der Waals surface area contributed by atoms with E-state index in [1.807, 2.05) is 0 Å². The molecule has 0 aliphatic heterocycles. The van der Waals surface area contributed by atoms with Gasteiger partial charge in [0.15, 0.2) is 0 Å². The summed E-state index contributed by atoms with van der Waals surface area (Å²) in [5.74, 6) is 1.89. The molecule has 0 amide bonds. The van der Waals surface area contributed by atoms with E-state index in [0.29, 0.717) is 5.38 Å². The number of aryl methyl sites for hydroxylation is 1. The van der Waals surface area contributed by atoms with Crippen molar-refractivity contribution in [2.24, 2.45) is 5.92 Å². The van der Waals surface area contributed by atoms with E-state index in [1.165, 1.54) is 24.1 Å². The molecule has 2 aliphatic carbocycles. The van der Waals surface area contributed by atoms with Crippen LogP contribution in [-0.4, -0.2) is 28.9 Å². The standard InChI is InChI=1S/C14H20ClN3/c1-18(8-10-6-11(15)7-10)14-12-4-2-3-5-13(12)16-9-17-14/h9-11H,2-8H2,1H3. The largest absolute Gasteiger partial charge is 0.359 e. The fourth-order valence-corrected chi connectivity index (χ4v) is 3.61. The highest BCUT2D eigenvalue weighted by atomic mass is 35.5. The summed E-state index contributed by atoms with van der Waals surface area (Å²) in [6, 6.07) is 0. The molecule has 3 nitrogen and oxygen atoms in total. The lowest BCUT2D eigenvalue weighted by Crippen LogP contribution is -2.35. The molecule has 0 saturated heterocycles. The molecule has 0 aromatic carbocycles. The third kappa shape index (κ3) is 2.33. The molecule has 18 heavy (non-hydrogen) atoms. The summed E-state index contributed by atoms with van der Waals surface area (Å²) in [5, 5.41) is 0.405. The first-order valence-electron chi connectivity index (χ1n) is 6.92. The van der Waals surface area contributed by atoms with Crippen LogP contribution in [0.1, 0.15) is 36.9 Å². The Hall–Kier alpha value is -0.830. The maximum absolute atomic E-state index is 6.04. The van der Waals surface area contributed by atoms with Gasteiger partial charge in [-0.15, -0.1) is 11.6 Å². The number of halogens is 1. The maximum atomic E-state index is 6.04. The van der Waals surface area contributed by atoms with E-state index in [1.54, 1.807) is 6.33 Å². The summed E-state index contributed by atoms with van der Waals surface area (Å²) < 4.78 is 0. The zero-order valence-corrected chi connectivity index (χ0v) is 11.7. The van der Waals surface area contributed by atoms with Crippen molar-refractivity contribution in [3.63, 3.8) is 0 Å². The second-order valence-corrected chi connectivity index (χ2v) is 6.26. The van der Waals surface area contributed by atoms with Gasteiger partial charge < -0.3 is 4.90 Å². The molecule has 1 fully saturated rings. The van der Waals surface area contributed by atoms with E-state index >= 15 is 0 Å². The topological polar surface area (TPSA) is 29.0 Å². The van der Waals surface area contributed by atoms with E-state index in [2.05, 4.69) is 21.9 Å². The molecule has 1 aromatic rings. The molecule has 0 atom stereocenters. The smallest absolute Gasteiger partial charge is 0.135 e. The van der Waals surface area contributed by atoms with Gasteiger partial charge in [-0.25, -0.2) is 9.97 Å². The van der Waals surface area contributed by atoms with Crippen LogP contribution in [0.4, 0.5) is 5.82 Å². The molecule has 0 spiro atoms. The van der Waals surface area contributed by atoms with Crippen LogP contribution in [0.3, 0.4) is 0 Å². The Morgan fingerprint density at radius 1 is 1.28 bits per heavy atom. The minimum absolute atomic E-state index is 0.405. The molecular weight excluding hydrogens is 246 g/mol. The van der Waals surface area contributed by atoms with Gasteiger partial charge in [0.2, 0.25) is 0 Å². The van der Waals surface area contributed by atoms with E-state index in [4.69, 9.17) is 11.6 Å². The van der Waals surface area contributed by atoms with E-state index < -0.39 is 0 Å². The van der Waals surface area contributed by atoms with Crippen LogP contribution < -0.4 is 4.90 Å². The number of fused-ring (bicyclic) bond motifs is 1. The second-order valence-electron chi connectivity index (χ2n) is 5.64. The van der Waals surface area contributed by atoms with Crippen LogP contribution in [0.25, 0.3) is 0 Å². The minimum Gasteiger partial charge on any atom is -0.359 e. The summed E-state index contributed by atoms with van der Waals surface area (Å²) >= 11 is 6.04. The van der Waals surface area contributed by atoms with Crippen molar-refractivity contribution in [1.29, 1.82) is 0 Å². The Morgan fingerprint density at radius 3 is 2.83 bits per heavy atom. The lowest BCUT2D eigenvalue weighted by molar-refractivity contribution is 0.328. The molecule has 98 valence electrons. The number of rotatable bonds is 3. The van der Waals surface area contributed by atoms with Crippen molar-refractivity contribution in [3.8, 4) is 0 Å². The third-order valence-electron chi connectivity index (χ3n) is 4.17. The van der Waals surface area contributed by atoms with Crippen LogP contribution in [0, 0.1) is 5.92 Å². The molecule has 3 rings (SSSR count). The molecule has 0 N–H and O–H groups in total. The first-order valence-corrected chi connectivity index (χ1v) is 7.35. The third-order valence-corrected chi connectivity index (χ3v) is 4.53. The summed E-state index contributed by atoms with van der Waals surface area (Å²) in [5.41, 5.74) is 2.65. The van der Waals surface area contributed by atoms with Crippen molar-refractivity contribution < 1.29 is 0 Å². The van der Waals surface area contributed by atoms with Crippen LogP contribution in [0.15, 0.2) is 6.33 Å². The van der Waals surface area contributed by atoms with Crippen molar-refractivity contribution in [1.82, 2.24) is 9.97 Å². The van der Waals surface area contributed by atoms with Gasteiger partial charge in [-0.2, -0.15) is 0 Å². The van der Waals surface area contributed by atoms with Crippen LogP contribution in [0.5, 0.6) is 0 Å². The van der Waals surface area contributed by atoms with Gasteiger partial charge >= 0.3 is 0 Å². The van der Waals surface area contributed by atoms with Crippen molar-refractivity contribution in [3.05, 3.63) is 17.6 Å². The zero-order chi connectivity index (χ0) is 12.5. The predicted molar refractivity (Wildman–Crippen MR) is 74.3 cm³/mol. The Bertz CT molecular complexity index is 429. The molecule has 0 bridgehead atoms. The summed E-state index contributed by atoms with van der Waals surface area (Å²) in [6.07, 6.45) is 8.82. The lowest BCUT2D eigenvalue weighted by atomic mass is 9.84. The van der Waals surface area contributed by atoms with Gasteiger partial charge in [0.1, 0.15) is 12.1 Å². The van der Waals surface area contributed by atoms with E-state index in [9.17, 15) is 0 Å². The Kier molecular flexibility index (Phi) is 3.42. The molecule has 0 unspecified atom stereocenters. The average molecular weight is 266 g/mol. The summed E-state index contributed by atoms with van der Waals surface area (Å²) in [7, 11) is 2.15. The number of anilines is 1. The van der Waals surface area contributed by atoms with E-state index in [0.717, 1.165) is 44.0 Å². The van der Waals surface area contributed by atoms with Crippen LogP contribution in [-0.2, 0) is 12.8 Å². The van der Waals surface area contributed by atoms with Crippen LogP contribution in [0.2, 0.25) is 0 Å². The molecule has 1 saturated carbocycles. The van der Waals surface area contributed by atoms with E-state index in [-0.39, 0.29) is 0 Å². The Morgan fingerprint density at radius 2 is 2.06 bits per heavy atom. The number of hydrogen-bond acceptors (Lipinski definition) is 3. The fraction of sp³-hybridized carbons (Fsp3) is 0.714. The fourth-order valence-electron chi connectivity index (χ4n) is 3.11. The normalized spacial score (nSPS) is 26.3. The highest BCUT2D eigenvalue weighted by Crippen LogP contribution is 2.34. The zero-order valence-electron chi connectivity index (χ0n) is 10.9. The highest BCUT2D eigenvalue weighted by Gasteiger charge is 2.29. The highest BCUT2D eigenvalue weighted by molar-refractivity contribution is 6.21. The number of nitrogens with zero attached hydrogens (tertiary/aromatic N) is 3. The Balaban J connectivity index is 1.74. The summed E-state index contributed by atoms with van der Waals surface area (Å²) in [6.45, 7) is 1.08. The number of aromatic nitrogens is 2. The molecule has 1 heterocycles. The molecule has 0 radical (unpaired) electrons. The van der Waals surface area contributed by atoms with Gasteiger partial charge in [0.05, 0.1) is 0 Å². The SMILES string of the molecule is CN(CC1CC(Cl)C1)c1ncnc2c1CCCC2. The quantitative estimate of drug-likeness (QED) is 0.787. The van der Waals surface area contributed by atoms with Gasteiger partial charge in [0.25, 0.3) is 0 Å². The number of hydrogen-bond donors (Lipinski definition) is 0. The molecule has 4 heteroatoms. The molecule has 1 aromatic heterocycles. The average Bonchev–Trinajstić information content (AvgIpc) is 2.36. The van der Waals surface area contributed by atoms with Gasteiger partial charge in [0, 0.05) is 30.2 Å². The van der Waals surface area contributed by atoms with Crippen molar-refractivity contribution >= 4 is 17.4 Å². The lowest BCUT2D eigenvalue weighted by Gasteiger charge is -2.35. The minimum atomic E-state index is 0.405. The maximum Gasteiger partial charge on any atom is 0.135 e. The monoisotopic (exact) mass is 265 g/mol. The molecular formula is C14H20ClN3. The second kappa shape index (κ2) is 5.04. The van der Waals surface area contributed by atoms with Gasteiger partial charge in [-0.1, -0.05) is 0 Å². The van der Waals surface area contributed by atoms with Gasteiger partial charge in [-0.05, 0) is 44.4 Å². The van der Waals surface area contributed by atoms with Crippen LogP contribution >= 0.6 is 11.6 Å². The molecule has 2 aliphatic rings. The van der Waals surface area contributed by atoms with Crippen molar-refractivity contribution in [2.45, 2.75) is 43.9 Å². The summed E-state index contributed by atoms with van der Waals surface area (Å²) in [4.78, 5) is 11.2. The Labute approximate surface area is 114 Å². The van der Waals surface area contributed by atoms with Crippen molar-refractivity contribution in [2.75, 3.05) is 18.5 Å². The predicted octanol–water partition coefficient (Wildman–Crippen LogP) is 2.81. The number of alkyl halides is 1. The first-order chi connectivity index (χ1) is 8.74. The first kappa shape index (κ1) is 12.2. The van der Waals surface area contributed by atoms with Gasteiger partial charge in [-0.3, -0.25) is 0 Å².